The first-order valence-electron chi connectivity index (χ1n) is 12.3. The number of nitro groups is 1. The van der Waals surface area contributed by atoms with E-state index in [1.807, 2.05) is 10.6 Å². The van der Waals surface area contributed by atoms with Crippen molar-refractivity contribution < 1.29 is 28.0 Å². The van der Waals surface area contributed by atoms with E-state index in [1.54, 1.807) is 24.3 Å². The minimum atomic E-state index is -0.653. The number of esters is 1. The number of fused-ring (bicyclic) bond motifs is 1. The molecular formula is C28H25F2N3O5. The Morgan fingerprint density at radius 3 is 2.55 bits per heavy atom. The van der Waals surface area contributed by atoms with Crippen LogP contribution in [0.25, 0.3) is 22.4 Å². The first-order valence-corrected chi connectivity index (χ1v) is 12.3. The molecule has 0 bridgehead atoms. The van der Waals surface area contributed by atoms with E-state index in [-0.39, 0.29) is 35.2 Å². The van der Waals surface area contributed by atoms with Crippen molar-refractivity contribution in [3.05, 3.63) is 87.5 Å². The molecular weight excluding hydrogens is 496 g/mol. The second-order valence-corrected chi connectivity index (χ2v) is 9.26. The fraction of sp³-hybridized carbons (Fsp3) is 0.286. The van der Waals surface area contributed by atoms with Crippen LogP contribution >= 0.6 is 0 Å². The van der Waals surface area contributed by atoms with Gasteiger partial charge in [0.2, 0.25) is 0 Å². The molecule has 1 fully saturated rings. The number of halogens is 2. The summed E-state index contributed by atoms with van der Waals surface area (Å²) in [5.74, 6) is -1.12. The van der Waals surface area contributed by atoms with Gasteiger partial charge in [-0.15, -0.1) is 0 Å². The SMILES string of the molecule is COC(=O)c1ccc2c(c1)nc(-c1ccc(OCc3cc([N+](=O)[O-])ccc3F)cc1F)n2C1CCCCC1. The molecule has 1 aromatic heterocycles. The number of ether oxygens (including phenoxy) is 2. The molecule has 5 rings (SSSR count). The molecule has 4 aromatic rings. The van der Waals surface area contributed by atoms with Crippen molar-refractivity contribution >= 4 is 22.7 Å². The van der Waals surface area contributed by atoms with Crippen LogP contribution in [0.3, 0.4) is 0 Å². The molecule has 1 heterocycles. The van der Waals surface area contributed by atoms with E-state index in [0.717, 1.165) is 55.8 Å². The molecule has 0 atom stereocenters. The topological polar surface area (TPSA) is 96.5 Å². The van der Waals surface area contributed by atoms with E-state index in [0.29, 0.717) is 16.9 Å². The maximum absolute atomic E-state index is 15.5. The summed E-state index contributed by atoms with van der Waals surface area (Å²) in [4.78, 5) is 27.2. The molecule has 1 saturated carbocycles. The van der Waals surface area contributed by atoms with Crippen LogP contribution in [0.4, 0.5) is 14.5 Å². The van der Waals surface area contributed by atoms with Crippen LogP contribution < -0.4 is 4.74 Å². The van der Waals surface area contributed by atoms with Crippen molar-refractivity contribution in [3.63, 3.8) is 0 Å². The maximum Gasteiger partial charge on any atom is 0.337 e. The molecule has 0 unspecified atom stereocenters. The molecule has 0 saturated heterocycles. The first kappa shape index (κ1) is 25.3. The van der Waals surface area contributed by atoms with Crippen LogP contribution in [0.1, 0.15) is 54.1 Å². The van der Waals surface area contributed by atoms with Gasteiger partial charge in [-0.05, 0) is 49.2 Å². The van der Waals surface area contributed by atoms with Crippen LogP contribution in [0.2, 0.25) is 0 Å². The monoisotopic (exact) mass is 521 g/mol. The highest BCUT2D eigenvalue weighted by molar-refractivity contribution is 5.94. The fourth-order valence-electron chi connectivity index (χ4n) is 4.96. The molecule has 8 nitrogen and oxygen atoms in total. The third-order valence-corrected chi connectivity index (χ3v) is 6.87. The summed E-state index contributed by atoms with van der Waals surface area (Å²) in [7, 11) is 1.31. The van der Waals surface area contributed by atoms with E-state index in [2.05, 4.69) is 0 Å². The Morgan fingerprint density at radius 2 is 1.84 bits per heavy atom. The predicted octanol–water partition coefficient (Wildman–Crippen LogP) is 6.76. The number of hydrogen-bond acceptors (Lipinski definition) is 6. The maximum atomic E-state index is 15.5. The van der Waals surface area contributed by atoms with Crippen LogP contribution in [0, 0.1) is 21.7 Å². The van der Waals surface area contributed by atoms with Gasteiger partial charge < -0.3 is 14.0 Å². The predicted molar refractivity (Wildman–Crippen MR) is 136 cm³/mol. The zero-order valence-electron chi connectivity index (χ0n) is 20.7. The zero-order chi connectivity index (χ0) is 26.8. The Bertz CT molecular complexity index is 1530. The Morgan fingerprint density at radius 1 is 1.05 bits per heavy atom. The minimum absolute atomic E-state index is 0.0100. The lowest BCUT2D eigenvalue weighted by molar-refractivity contribution is -0.385. The van der Waals surface area contributed by atoms with Gasteiger partial charge in [-0.25, -0.2) is 18.6 Å². The van der Waals surface area contributed by atoms with Gasteiger partial charge in [0.05, 0.1) is 34.2 Å². The highest BCUT2D eigenvalue weighted by atomic mass is 19.1. The number of nitrogens with zero attached hydrogens (tertiary/aromatic N) is 3. The molecule has 1 aliphatic rings. The van der Waals surface area contributed by atoms with Gasteiger partial charge in [0, 0.05) is 29.8 Å². The van der Waals surface area contributed by atoms with Crippen molar-refractivity contribution in [1.82, 2.24) is 9.55 Å². The van der Waals surface area contributed by atoms with Gasteiger partial charge in [-0.3, -0.25) is 10.1 Å². The van der Waals surface area contributed by atoms with E-state index in [4.69, 9.17) is 14.5 Å². The molecule has 0 aliphatic heterocycles. The Labute approximate surface area is 217 Å². The van der Waals surface area contributed by atoms with Gasteiger partial charge in [-0.1, -0.05) is 19.3 Å². The van der Waals surface area contributed by atoms with E-state index in [9.17, 15) is 19.3 Å². The highest BCUT2D eigenvalue weighted by Crippen LogP contribution is 2.37. The molecule has 0 amide bonds. The molecule has 0 spiro atoms. The molecule has 10 heteroatoms. The summed E-state index contributed by atoms with van der Waals surface area (Å²) in [6, 6.07) is 12.7. The fourth-order valence-corrected chi connectivity index (χ4v) is 4.96. The molecule has 3 aromatic carbocycles. The highest BCUT2D eigenvalue weighted by Gasteiger charge is 2.25. The Kier molecular flexibility index (Phi) is 7.04. The van der Waals surface area contributed by atoms with E-state index in [1.165, 1.54) is 13.2 Å². The lowest BCUT2D eigenvalue weighted by Gasteiger charge is -2.25. The largest absolute Gasteiger partial charge is 0.489 e. The normalized spacial score (nSPS) is 14.0. The number of benzene rings is 3. The molecule has 0 N–H and O–H groups in total. The number of non-ortho nitro benzene ring substituents is 1. The van der Waals surface area contributed by atoms with E-state index >= 15 is 4.39 Å². The van der Waals surface area contributed by atoms with Crippen molar-refractivity contribution in [2.75, 3.05) is 7.11 Å². The quantitative estimate of drug-likeness (QED) is 0.151. The van der Waals surface area contributed by atoms with Crippen LogP contribution in [0.15, 0.2) is 54.6 Å². The van der Waals surface area contributed by atoms with Crippen molar-refractivity contribution in [3.8, 4) is 17.1 Å². The lowest BCUT2D eigenvalue weighted by atomic mass is 9.94. The van der Waals surface area contributed by atoms with Crippen molar-refractivity contribution in [2.24, 2.45) is 0 Å². The number of methoxy groups -OCH3 is 1. The summed E-state index contributed by atoms with van der Waals surface area (Å²) >= 11 is 0. The number of hydrogen-bond donors (Lipinski definition) is 0. The average Bonchev–Trinajstić information content (AvgIpc) is 3.31. The summed E-state index contributed by atoms with van der Waals surface area (Å²) in [5.41, 5.74) is 1.72. The molecule has 1 aliphatic carbocycles. The molecule has 196 valence electrons. The second-order valence-electron chi connectivity index (χ2n) is 9.26. The summed E-state index contributed by atoms with van der Waals surface area (Å²) in [6.07, 6.45) is 5.15. The standard InChI is InChI=1S/C28H25F2N3O5/c1-37-28(34)17-7-12-26-25(14-17)31-27(32(26)19-5-3-2-4-6-19)22-10-9-21(15-24(22)30)38-16-18-13-20(33(35)36)8-11-23(18)29/h7-15,19H,2-6,16H2,1H3. The van der Waals surface area contributed by atoms with Gasteiger partial charge in [0.25, 0.3) is 5.69 Å². The van der Waals surface area contributed by atoms with E-state index < -0.39 is 22.5 Å². The second kappa shape index (κ2) is 10.6. The van der Waals surface area contributed by atoms with Gasteiger partial charge in [0.1, 0.15) is 29.8 Å². The molecule has 0 radical (unpaired) electrons. The van der Waals surface area contributed by atoms with Crippen LogP contribution in [-0.4, -0.2) is 27.6 Å². The number of rotatable bonds is 7. The minimum Gasteiger partial charge on any atom is -0.489 e. The number of carbonyl (C=O) groups excluding carboxylic acids is 1. The Hall–Kier alpha value is -4.34. The number of nitro benzene ring substituents is 1. The van der Waals surface area contributed by atoms with Gasteiger partial charge >= 0.3 is 5.97 Å². The first-order chi connectivity index (χ1) is 18.4. The third-order valence-electron chi connectivity index (χ3n) is 6.87. The van der Waals surface area contributed by atoms with Gasteiger partial charge in [-0.2, -0.15) is 0 Å². The Balaban J connectivity index is 1.49. The number of imidazole rings is 1. The zero-order valence-corrected chi connectivity index (χ0v) is 20.7. The van der Waals surface area contributed by atoms with Crippen molar-refractivity contribution in [1.29, 1.82) is 0 Å². The lowest BCUT2D eigenvalue weighted by Crippen LogP contribution is -2.14. The number of carbonyl (C=O) groups is 1. The average molecular weight is 522 g/mol. The summed E-state index contributed by atoms with van der Waals surface area (Å²) < 4.78 is 42.0. The van der Waals surface area contributed by atoms with Crippen LogP contribution in [-0.2, 0) is 11.3 Å². The number of aromatic nitrogens is 2. The van der Waals surface area contributed by atoms with Gasteiger partial charge in [0.15, 0.2) is 0 Å². The third kappa shape index (κ3) is 4.93. The smallest absolute Gasteiger partial charge is 0.337 e. The molecule has 38 heavy (non-hydrogen) atoms. The summed E-state index contributed by atoms with van der Waals surface area (Å²) in [5, 5.41) is 11.0. The summed E-state index contributed by atoms with van der Waals surface area (Å²) in [6.45, 7) is -0.302. The van der Waals surface area contributed by atoms with Crippen LogP contribution in [0.5, 0.6) is 5.75 Å². The van der Waals surface area contributed by atoms with Crippen molar-refractivity contribution in [2.45, 2.75) is 44.8 Å².